The average molecular weight is 327 g/mol. The Balaban J connectivity index is 2.59. The Morgan fingerprint density at radius 2 is 1.70 bits per heavy atom. The van der Waals surface area contributed by atoms with Crippen molar-refractivity contribution in [1.29, 1.82) is 0 Å². The third-order valence-electron chi connectivity index (χ3n) is 1.23. The molecule has 0 fully saturated rings. The van der Waals surface area contributed by atoms with E-state index in [1.807, 2.05) is 6.07 Å². The van der Waals surface area contributed by atoms with E-state index >= 15 is 0 Å². The van der Waals surface area contributed by atoms with Gasteiger partial charge >= 0.3 is 71.1 Å². The van der Waals surface area contributed by atoms with Gasteiger partial charge in [-0.1, -0.05) is 0 Å². The van der Waals surface area contributed by atoms with Crippen molar-refractivity contribution in [3.05, 3.63) is 30.3 Å². The van der Waals surface area contributed by atoms with Gasteiger partial charge < -0.3 is 0 Å². The number of benzene rings is 1. The molecule has 0 atom stereocenters. The number of anilines is 1. The van der Waals surface area contributed by atoms with Gasteiger partial charge in [-0.05, 0) is 0 Å². The van der Waals surface area contributed by atoms with Crippen LogP contribution in [0, 0.1) is 0 Å². The fraction of sp³-hybridized carbons (Fsp3) is 0.250. The monoisotopic (exact) mass is 327 g/mol. The Morgan fingerprint density at radius 1 is 1.10 bits per heavy atom. The SMILES string of the molecule is [CH3][Tl]([CH3])[NH]c1ccccc1. The summed E-state index contributed by atoms with van der Waals surface area (Å²) in [5, 5.41) is 0. The molecule has 2 heteroatoms. The van der Waals surface area contributed by atoms with Crippen molar-refractivity contribution in [1.82, 2.24) is 0 Å². The zero-order valence-corrected chi connectivity index (χ0v) is 11.0. The van der Waals surface area contributed by atoms with Crippen molar-refractivity contribution in [2.24, 2.45) is 0 Å². The van der Waals surface area contributed by atoms with Crippen LogP contribution in [0.5, 0.6) is 0 Å². The Bertz CT molecular complexity index is 184. The quantitative estimate of drug-likeness (QED) is 0.823. The van der Waals surface area contributed by atoms with Gasteiger partial charge in [0.15, 0.2) is 0 Å². The van der Waals surface area contributed by atoms with Crippen molar-refractivity contribution in [3.8, 4) is 0 Å². The van der Waals surface area contributed by atoms with Crippen LogP contribution in [0.3, 0.4) is 0 Å². The molecule has 0 aliphatic heterocycles. The summed E-state index contributed by atoms with van der Waals surface area (Å²) in [6, 6.07) is 10.4. The Morgan fingerprint density at radius 3 is 2.20 bits per heavy atom. The fourth-order valence-corrected chi connectivity index (χ4v) is 4.21. The van der Waals surface area contributed by atoms with Crippen LogP contribution >= 0.6 is 0 Å². The molecule has 0 saturated heterocycles. The van der Waals surface area contributed by atoms with Gasteiger partial charge in [0.1, 0.15) is 0 Å². The summed E-state index contributed by atoms with van der Waals surface area (Å²) in [6.07, 6.45) is 0. The van der Waals surface area contributed by atoms with Gasteiger partial charge in [-0.15, -0.1) is 0 Å². The van der Waals surface area contributed by atoms with Crippen LogP contribution in [0.1, 0.15) is 0 Å². The third-order valence-corrected chi connectivity index (χ3v) is 4.77. The fourth-order valence-electron chi connectivity index (χ4n) is 0.868. The van der Waals surface area contributed by atoms with E-state index in [9.17, 15) is 0 Å². The molecule has 1 rings (SSSR count). The van der Waals surface area contributed by atoms with Gasteiger partial charge in [0.05, 0.1) is 0 Å². The van der Waals surface area contributed by atoms with E-state index in [1.54, 1.807) is 0 Å². The average Bonchev–Trinajstić information content (AvgIpc) is 1.88. The minimum atomic E-state index is -1.35. The van der Waals surface area contributed by atoms with Gasteiger partial charge in [-0.3, -0.25) is 0 Å². The molecule has 1 aromatic rings. The van der Waals surface area contributed by atoms with Crippen LogP contribution in [0.25, 0.3) is 0 Å². The van der Waals surface area contributed by atoms with E-state index in [2.05, 4.69) is 36.4 Å². The van der Waals surface area contributed by atoms with Crippen LogP contribution in [0.2, 0.25) is 8.97 Å². The van der Waals surface area contributed by atoms with Gasteiger partial charge in [-0.25, -0.2) is 0 Å². The van der Waals surface area contributed by atoms with Crippen molar-refractivity contribution in [2.45, 2.75) is 8.97 Å². The first-order valence-electron chi connectivity index (χ1n) is 3.60. The molecule has 0 unspecified atom stereocenters. The second kappa shape index (κ2) is 3.96. The molecular weight excluding hydrogens is 314 g/mol. The molecule has 0 aliphatic rings. The molecule has 0 saturated carbocycles. The van der Waals surface area contributed by atoms with Gasteiger partial charge in [0.2, 0.25) is 0 Å². The normalized spacial score (nSPS) is 9.00. The van der Waals surface area contributed by atoms with Crippen LogP contribution in [-0.4, -0.2) is 23.0 Å². The Kier molecular flexibility index (Phi) is 3.18. The molecule has 1 N–H and O–H groups in total. The summed E-state index contributed by atoms with van der Waals surface area (Å²) in [4.78, 5) is 0. The number of hydrogen-bond donors (Lipinski definition) is 1. The van der Waals surface area contributed by atoms with Crippen molar-refractivity contribution < 1.29 is 0 Å². The number of para-hydroxylation sites is 1. The van der Waals surface area contributed by atoms with Crippen molar-refractivity contribution in [2.75, 3.05) is 3.13 Å². The van der Waals surface area contributed by atoms with Gasteiger partial charge in [0.25, 0.3) is 0 Å². The molecular formula is C8H12NTl. The second-order valence-electron chi connectivity index (χ2n) is 2.67. The predicted molar refractivity (Wildman–Crippen MR) is 47.5 cm³/mol. The summed E-state index contributed by atoms with van der Waals surface area (Å²) >= 11 is -1.35. The maximum atomic E-state index is 3.53. The van der Waals surface area contributed by atoms with Crippen LogP contribution in [-0.2, 0) is 0 Å². The Labute approximate surface area is 71.0 Å². The van der Waals surface area contributed by atoms with E-state index in [0.717, 1.165) is 0 Å². The zero-order chi connectivity index (χ0) is 7.40. The van der Waals surface area contributed by atoms with E-state index in [-0.39, 0.29) is 0 Å². The summed E-state index contributed by atoms with van der Waals surface area (Å²) in [5.74, 6) is 0. The van der Waals surface area contributed by atoms with Gasteiger partial charge in [-0.2, -0.15) is 0 Å². The maximum absolute atomic E-state index is 3.53. The standard InChI is InChI=1S/C6H6N.2CH3.Tl/c7-6-4-2-1-3-5-6;;;/h1-5,7H;2*1H3;/q-1;;;+1. The second-order valence-corrected chi connectivity index (χ2v) is 12.8. The molecule has 1 nitrogen and oxygen atoms in total. The summed E-state index contributed by atoms with van der Waals surface area (Å²) in [5.41, 5.74) is 1.29. The Hall–Kier alpha value is -0.0579. The van der Waals surface area contributed by atoms with E-state index in [4.69, 9.17) is 0 Å². The van der Waals surface area contributed by atoms with E-state index in [0.29, 0.717) is 0 Å². The van der Waals surface area contributed by atoms with Crippen LogP contribution in [0.15, 0.2) is 30.3 Å². The number of hydrogen-bond acceptors (Lipinski definition) is 1. The number of nitrogens with one attached hydrogen (secondary N) is 1. The third kappa shape index (κ3) is 2.68. The molecule has 0 heterocycles. The molecule has 52 valence electrons. The number of rotatable bonds is 2. The van der Waals surface area contributed by atoms with Crippen molar-refractivity contribution >= 4 is 28.7 Å². The molecule has 1 aromatic carbocycles. The molecule has 10 heavy (non-hydrogen) atoms. The van der Waals surface area contributed by atoms with Crippen molar-refractivity contribution in [3.63, 3.8) is 0 Å². The molecule has 0 bridgehead atoms. The molecule has 0 spiro atoms. The molecule has 0 aromatic heterocycles. The predicted octanol–water partition coefficient (Wildman–Crippen LogP) is 2.35. The molecule has 0 amide bonds. The van der Waals surface area contributed by atoms with Crippen LogP contribution in [0.4, 0.5) is 5.69 Å². The summed E-state index contributed by atoms with van der Waals surface area (Å²) in [6.45, 7) is 0. The molecule has 0 radical (unpaired) electrons. The zero-order valence-electron chi connectivity index (χ0n) is 6.46. The van der Waals surface area contributed by atoms with E-state index < -0.39 is 23.0 Å². The summed E-state index contributed by atoms with van der Waals surface area (Å²) < 4.78 is 8.24. The van der Waals surface area contributed by atoms with Gasteiger partial charge in [0, 0.05) is 0 Å². The first kappa shape index (κ1) is 8.04. The van der Waals surface area contributed by atoms with Crippen LogP contribution < -0.4 is 3.13 Å². The molecule has 0 aliphatic carbocycles. The summed E-state index contributed by atoms with van der Waals surface area (Å²) in [7, 11) is 0. The topological polar surface area (TPSA) is 12.0 Å². The first-order valence-corrected chi connectivity index (χ1v) is 14.8. The minimum absolute atomic E-state index is 1.29. The first-order chi connectivity index (χ1) is 4.79. The van der Waals surface area contributed by atoms with E-state index in [1.165, 1.54) is 5.69 Å².